The average molecular weight is 335 g/mol. The second-order valence-corrected chi connectivity index (χ2v) is 5.69. The van der Waals surface area contributed by atoms with Crippen molar-refractivity contribution in [3.8, 4) is 11.5 Å². The number of rotatable bonds is 7. The van der Waals surface area contributed by atoms with Gasteiger partial charge in [-0.25, -0.2) is 0 Å². The van der Waals surface area contributed by atoms with E-state index in [1.807, 2.05) is 72.8 Å². The zero-order chi connectivity index (χ0) is 17.5. The lowest BCUT2D eigenvalue weighted by Crippen LogP contribution is -2.38. The number of benzene rings is 3. The molecule has 128 valence electrons. The zero-order valence-electron chi connectivity index (χ0n) is 14.1. The first-order valence-corrected chi connectivity index (χ1v) is 8.34. The molecule has 0 heterocycles. The van der Waals surface area contributed by atoms with Crippen molar-refractivity contribution in [2.75, 3.05) is 13.2 Å². The first-order chi connectivity index (χ1) is 12.2. The van der Waals surface area contributed by atoms with Gasteiger partial charge in [0, 0.05) is 5.39 Å². The van der Waals surface area contributed by atoms with Gasteiger partial charge in [-0.1, -0.05) is 54.6 Å². The molecule has 0 aromatic heterocycles. The molecule has 0 aliphatic rings. The van der Waals surface area contributed by atoms with Crippen molar-refractivity contribution in [3.63, 3.8) is 0 Å². The number of ether oxygens (including phenoxy) is 2. The highest BCUT2D eigenvalue weighted by Crippen LogP contribution is 2.25. The number of nitrogens with one attached hydrogen (secondary N) is 1. The van der Waals surface area contributed by atoms with Crippen molar-refractivity contribution in [1.29, 1.82) is 0 Å². The van der Waals surface area contributed by atoms with E-state index in [-0.39, 0.29) is 5.91 Å². The van der Waals surface area contributed by atoms with Crippen LogP contribution in [0.5, 0.6) is 11.5 Å². The molecule has 25 heavy (non-hydrogen) atoms. The molecule has 0 radical (unpaired) electrons. The minimum absolute atomic E-state index is 0.162. The molecule has 1 N–H and O–H groups in total. The van der Waals surface area contributed by atoms with Gasteiger partial charge in [0.25, 0.3) is 5.91 Å². The predicted molar refractivity (Wildman–Crippen MR) is 99.0 cm³/mol. The lowest BCUT2D eigenvalue weighted by Gasteiger charge is -2.16. The maximum absolute atomic E-state index is 12.2. The number of hydrogen-bond acceptors (Lipinski definition) is 3. The molecule has 0 aliphatic heterocycles. The highest BCUT2D eigenvalue weighted by Gasteiger charge is 2.15. The maximum Gasteiger partial charge on any atom is 0.260 e. The molecular formula is C21H21NO3. The van der Waals surface area contributed by atoms with Crippen LogP contribution >= 0.6 is 0 Å². The van der Waals surface area contributed by atoms with Crippen molar-refractivity contribution in [2.24, 2.45) is 0 Å². The van der Waals surface area contributed by atoms with Crippen LogP contribution < -0.4 is 14.8 Å². The van der Waals surface area contributed by atoms with Crippen LogP contribution in [0.4, 0.5) is 0 Å². The molecule has 1 atom stereocenters. The molecule has 0 aliphatic carbocycles. The van der Waals surface area contributed by atoms with Crippen molar-refractivity contribution in [2.45, 2.75) is 13.0 Å². The highest BCUT2D eigenvalue weighted by atomic mass is 16.5. The van der Waals surface area contributed by atoms with Crippen molar-refractivity contribution in [3.05, 3.63) is 72.8 Å². The van der Waals surface area contributed by atoms with E-state index in [9.17, 15) is 4.79 Å². The van der Waals surface area contributed by atoms with Crippen molar-refractivity contribution < 1.29 is 14.3 Å². The number of hydrogen-bond donors (Lipinski definition) is 1. The zero-order valence-corrected chi connectivity index (χ0v) is 14.1. The first kappa shape index (κ1) is 16.8. The van der Waals surface area contributed by atoms with Crippen LogP contribution in [0.2, 0.25) is 0 Å². The van der Waals surface area contributed by atoms with E-state index < -0.39 is 6.10 Å². The van der Waals surface area contributed by atoms with E-state index in [0.717, 1.165) is 16.5 Å². The van der Waals surface area contributed by atoms with Gasteiger partial charge in [0.1, 0.15) is 18.1 Å². The molecule has 0 saturated carbocycles. The fourth-order valence-electron chi connectivity index (χ4n) is 2.55. The van der Waals surface area contributed by atoms with Crippen molar-refractivity contribution >= 4 is 16.7 Å². The SMILES string of the molecule is C[C@H](Oc1cccc2ccccc12)C(=O)NCCOc1ccccc1. The molecule has 0 unspecified atom stereocenters. The molecule has 0 spiro atoms. The summed E-state index contributed by atoms with van der Waals surface area (Å²) in [4.78, 5) is 12.2. The Morgan fingerprint density at radius 2 is 1.68 bits per heavy atom. The summed E-state index contributed by atoms with van der Waals surface area (Å²) < 4.78 is 11.4. The fourth-order valence-corrected chi connectivity index (χ4v) is 2.55. The Bertz CT molecular complexity index is 827. The lowest BCUT2D eigenvalue weighted by atomic mass is 10.1. The highest BCUT2D eigenvalue weighted by molar-refractivity contribution is 5.89. The number of fused-ring (bicyclic) bond motifs is 1. The summed E-state index contributed by atoms with van der Waals surface area (Å²) in [5.74, 6) is 1.34. The standard InChI is InChI=1S/C21H21NO3/c1-16(21(23)22-14-15-24-18-10-3-2-4-11-18)25-20-13-7-9-17-8-5-6-12-19(17)20/h2-13,16H,14-15H2,1H3,(H,22,23)/t16-/m0/s1. The molecular weight excluding hydrogens is 314 g/mol. The third-order valence-corrected chi connectivity index (χ3v) is 3.84. The number of amides is 1. The smallest absolute Gasteiger partial charge is 0.260 e. The van der Waals surface area contributed by atoms with Gasteiger partial charge in [0.15, 0.2) is 6.10 Å². The van der Waals surface area contributed by atoms with Gasteiger partial charge in [0.05, 0.1) is 6.54 Å². The summed E-state index contributed by atoms with van der Waals surface area (Å²) in [6, 6.07) is 23.3. The first-order valence-electron chi connectivity index (χ1n) is 8.34. The number of para-hydroxylation sites is 1. The molecule has 4 nitrogen and oxygen atoms in total. The summed E-state index contributed by atoms with van der Waals surface area (Å²) in [7, 11) is 0. The summed E-state index contributed by atoms with van der Waals surface area (Å²) in [6.07, 6.45) is -0.581. The van der Waals surface area contributed by atoms with Crippen LogP contribution in [-0.2, 0) is 4.79 Å². The largest absolute Gasteiger partial charge is 0.492 e. The molecule has 1 amide bonds. The Morgan fingerprint density at radius 1 is 0.960 bits per heavy atom. The van der Waals surface area contributed by atoms with Gasteiger partial charge in [0.2, 0.25) is 0 Å². The van der Waals surface area contributed by atoms with E-state index in [1.165, 1.54) is 0 Å². The van der Waals surface area contributed by atoms with E-state index in [2.05, 4.69) is 5.32 Å². The monoisotopic (exact) mass is 335 g/mol. The normalized spacial score (nSPS) is 11.7. The molecule has 4 heteroatoms. The van der Waals surface area contributed by atoms with Crippen LogP contribution in [0.25, 0.3) is 10.8 Å². The van der Waals surface area contributed by atoms with Crippen LogP contribution in [0.1, 0.15) is 6.92 Å². The minimum Gasteiger partial charge on any atom is -0.492 e. The third kappa shape index (κ3) is 4.51. The fraction of sp³-hybridized carbons (Fsp3) is 0.190. The van der Waals surface area contributed by atoms with E-state index in [1.54, 1.807) is 6.92 Å². The third-order valence-electron chi connectivity index (χ3n) is 3.84. The van der Waals surface area contributed by atoms with Crippen LogP contribution in [0.15, 0.2) is 72.8 Å². The van der Waals surface area contributed by atoms with Crippen LogP contribution in [0.3, 0.4) is 0 Å². The van der Waals surface area contributed by atoms with Gasteiger partial charge in [-0.2, -0.15) is 0 Å². The van der Waals surface area contributed by atoms with Gasteiger partial charge in [-0.05, 0) is 30.5 Å². The van der Waals surface area contributed by atoms with Crippen LogP contribution in [-0.4, -0.2) is 25.2 Å². The summed E-state index contributed by atoms with van der Waals surface area (Å²) >= 11 is 0. The van der Waals surface area contributed by atoms with Gasteiger partial charge >= 0.3 is 0 Å². The molecule has 3 aromatic carbocycles. The second kappa shape index (κ2) is 8.20. The Balaban J connectivity index is 1.50. The topological polar surface area (TPSA) is 47.6 Å². The lowest BCUT2D eigenvalue weighted by molar-refractivity contribution is -0.127. The quantitative estimate of drug-likeness (QED) is 0.668. The molecule has 3 rings (SSSR count). The Labute approximate surface area is 147 Å². The molecule has 0 fully saturated rings. The molecule has 0 bridgehead atoms. The Morgan fingerprint density at radius 3 is 2.52 bits per heavy atom. The minimum atomic E-state index is -0.581. The molecule has 0 saturated heterocycles. The summed E-state index contributed by atoms with van der Waals surface area (Å²) in [5.41, 5.74) is 0. The summed E-state index contributed by atoms with van der Waals surface area (Å²) in [6.45, 7) is 2.59. The van der Waals surface area contributed by atoms with E-state index >= 15 is 0 Å². The summed E-state index contributed by atoms with van der Waals surface area (Å²) in [5, 5.41) is 4.92. The predicted octanol–water partition coefficient (Wildman–Crippen LogP) is 3.80. The van der Waals surface area contributed by atoms with Gasteiger partial charge in [-0.15, -0.1) is 0 Å². The second-order valence-electron chi connectivity index (χ2n) is 5.69. The van der Waals surface area contributed by atoms with Crippen molar-refractivity contribution in [1.82, 2.24) is 5.32 Å². The average Bonchev–Trinajstić information content (AvgIpc) is 2.66. The number of carbonyl (C=O) groups excluding carboxylic acids is 1. The molecule has 3 aromatic rings. The van der Waals surface area contributed by atoms with E-state index in [0.29, 0.717) is 18.9 Å². The van der Waals surface area contributed by atoms with Crippen LogP contribution in [0, 0.1) is 0 Å². The Kier molecular flexibility index (Phi) is 5.52. The van der Waals surface area contributed by atoms with E-state index in [4.69, 9.17) is 9.47 Å². The van der Waals surface area contributed by atoms with Gasteiger partial charge in [-0.3, -0.25) is 4.79 Å². The Hall–Kier alpha value is -3.01. The van der Waals surface area contributed by atoms with Gasteiger partial charge < -0.3 is 14.8 Å². The maximum atomic E-state index is 12.2. The number of carbonyl (C=O) groups is 1.